The molecule has 6 nitrogen and oxygen atoms in total. The Balaban J connectivity index is 1.67. The number of rotatable bonds is 5. The van der Waals surface area contributed by atoms with Crippen molar-refractivity contribution in [1.82, 2.24) is 14.6 Å². The fourth-order valence-electron chi connectivity index (χ4n) is 3.64. The zero-order chi connectivity index (χ0) is 22.1. The van der Waals surface area contributed by atoms with Crippen molar-refractivity contribution < 1.29 is 13.2 Å². The zero-order valence-electron chi connectivity index (χ0n) is 17.2. The van der Waals surface area contributed by atoms with Crippen molar-refractivity contribution in [3.63, 3.8) is 0 Å². The van der Waals surface area contributed by atoms with Gasteiger partial charge in [0.05, 0.1) is 17.5 Å². The fourth-order valence-corrected chi connectivity index (χ4v) is 4.84. The molecule has 0 spiro atoms. The minimum Gasteiger partial charge on any atom is -0.497 e. The van der Waals surface area contributed by atoms with E-state index in [4.69, 9.17) is 9.84 Å². The third kappa shape index (κ3) is 3.42. The first-order chi connectivity index (χ1) is 15.6. The number of nitrogens with zero attached hydrogens (tertiary/aromatic N) is 3. The van der Waals surface area contributed by atoms with E-state index >= 15 is 0 Å². The van der Waals surface area contributed by atoms with E-state index in [-0.39, 0.29) is 9.92 Å². The predicted octanol–water partition coefficient (Wildman–Crippen LogP) is 4.90. The average Bonchev–Trinajstić information content (AvgIpc) is 3.24. The maximum atomic E-state index is 12.9. The molecular formula is C25H19N3O3S. The summed E-state index contributed by atoms with van der Waals surface area (Å²) >= 11 is 0. The second kappa shape index (κ2) is 7.94. The van der Waals surface area contributed by atoms with Crippen LogP contribution in [0, 0.1) is 0 Å². The highest BCUT2D eigenvalue weighted by Gasteiger charge is 2.21. The molecule has 0 amide bonds. The quantitative estimate of drug-likeness (QED) is 0.388. The summed E-state index contributed by atoms with van der Waals surface area (Å²) in [6.45, 7) is 0. The lowest BCUT2D eigenvalue weighted by atomic mass is 10.0. The summed E-state index contributed by atoms with van der Waals surface area (Å²) in [5, 5.41) is 4.77. The van der Waals surface area contributed by atoms with E-state index in [0.29, 0.717) is 5.75 Å². The fraction of sp³-hybridized carbons (Fsp3) is 0.0400. The molecule has 5 aromatic rings. The van der Waals surface area contributed by atoms with E-state index in [1.807, 2.05) is 48.7 Å². The molecule has 0 bridgehead atoms. The Bertz CT molecular complexity index is 1500. The van der Waals surface area contributed by atoms with Crippen LogP contribution in [0.1, 0.15) is 0 Å². The summed E-state index contributed by atoms with van der Waals surface area (Å²) in [7, 11) is -2.08. The number of fused-ring (bicyclic) bond motifs is 1. The molecule has 0 aliphatic carbocycles. The average molecular weight is 442 g/mol. The van der Waals surface area contributed by atoms with Crippen LogP contribution in [-0.4, -0.2) is 30.1 Å². The van der Waals surface area contributed by atoms with Crippen molar-refractivity contribution in [2.24, 2.45) is 0 Å². The number of sulfone groups is 1. The van der Waals surface area contributed by atoms with Gasteiger partial charge in [-0.1, -0.05) is 48.5 Å². The number of benzene rings is 2. The molecule has 158 valence electrons. The molecule has 32 heavy (non-hydrogen) atoms. The molecule has 7 heteroatoms. The van der Waals surface area contributed by atoms with Crippen LogP contribution in [0.25, 0.3) is 27.9 Å². The monoisotopic (exact) mass is 441 g/mol. The predicted molar refractivity (Wildman–Crippen MR) is 122 cm³/mol. The normalized spacial score (nSPS) is 11.5. The molecule has 0 aliphatic heterocycles. The lowest BCUT2D eigenvalue weighted by Gasteiger charge is -2.07. The molecule has 0 fully saturated rings. The van der Waals surface area contributed by atoms with Gasteiger partial charge in [-0.15, -0.1) is 0 Å². The van der Waals surface area contributed by atoms with E-state index in [2.05, 4.69) is 4.98 Å². The van der Waals surface area contributed by atoms with Crippen LogP contribution < -0.4 is 4.74 Å². The molecule has 3 heterocycles. The number of pyridine rings is 2. The highest BCUT2D eigenvalue weighted by atomic mass is 32.2. The Kier molecular flexibility index (Phi) is 4.95. The van der Waals surface area contributed by atoms with Gasteiger partial charge in [0.1, 0.15) is 11.4 Å². The van der Waals surface area contributed by atoms with Crippen molar-refractivity contribution in [3.8, 4) is 28.1 Å². The molecule has 0 saturated carbocycles. The number of methoxy groups -OCH3 is 1. The summed E-state index contributed by atoms with van der Waals surface area (Å²) in [5.74, 6) is 0.703. The van der Waals surface area contributed by atoms with E-state index in [1.165, 1.54) is 6.07 Å². The highest BCUT2D eigenvalue weighted by Crippen LogP contribution is 2.36. The first-order valence-corrected chi connectivity index (χ1v) is 11.4. The number of hydrogen-bond acceptors (Lipinski definition) is 5. The van der Waals surface area contributed by atoms with Crippen molar-refractivity contribution in [3.05, 3.63) is 97.3 Å². The number of aromatic nitrogens is 3. The van der Waals surface area contributed by atoms with Gasteiger partial charge in [0.2, 0.25) is 9.84 Å². The molecule has 3 aromatic heterocycles. The minimum absolute atomic E-state index is 0.00256. The van der Waals surface area contributed by atoms with E-state index < -0.39 is 9.84 Å². The second-order valence-corrected chi connectivity index (χ2v) is 9.08. The smallest absolute Gasteiger partial charge is 0.223 e. The SMILES string of the molecule is COc1ccn2nc(-c3ccccc3)c(-c3ccc(S(=O)(=O)c4ccccc4)nc3)c2c1. The molecule has 2 aromatic carbocycles. The molecule has 0 N–H and O–H groups in total. The van der Waals surface area contributed by atoms with Gasteiger partial charge in [0.25, 0.3) is 0 Å². The summed E-state index contributed by atoms with van der Waals surface area (Å²) in [4.78, 5) is 4.52. The Morgan fingerprint density at radius 2 is 1.56 bits per heavy atom. The van der Waals surface area contributed by atoms with Crippen LogP contribution in [0.2, 0.25) is 0 Å². The van der Waals surface area contributed by atoms with Crippen molar-refractivity contribution in [2.45, 2.75) is 9.92 Å². The summed E-state index contributed by atoms with van der Waals surface area (Å²) < 4.78 is 33.0. The van der Waals surface area contributed by atoms with E-state index in [1.54, 1.807) is 54.2 Å². The minimum atomic E-state index is -3.69. The zero-order valence-corrected chi connectivity index (χ0v) is 18.0. The molecule has 0 saturated heterocycles. The van der Waals surface area contributed by atoms with Gasteiger partial charge in [0.15, 0.2) is 5.03 Å². The summed E-state index contributed by atoms with van der Waals surface area (Å²) in [6.07, 6.45) is 3.42. The third-order valence-corrected chi connectivity index (χ3v) is 6.93. The van der Waals surface area contributed by atoms with E-state index in [9.17, 15) is 8.42 Å². The second-order valence-electron chi connectivity index (χ2n) is 7.19. The molecule has 0 aliphatic rings. The molecule has 0 atom stereocenters. The van der Waals surface area contributed by atoms with Crippen LogP contribution >= 0.6 is 0 Å². The molecular weight excluding hydrogens is 422 g/mol. The standard InChI is InChI=1S/C25H19N3O3S/c1-31-20-14-15-28-22(16-20)24(25(27-28)18-8-4-2-5-9-18)19-12-13-23(26-17-19)32(29,30)21-10-6-3-7-11-21/h2-17H,1H3. The maximum absolute atomic E-state index is 12.9. The van der Waals surface area contributed by atoms with Crippen LogP contribution in [0.15, 0.2) is 107 Å². The first-order valence-electron chi connectivity index (χ1n) is 9.96. The van der Waals surface area contributed by atoms with Gasteiger partial charge >= 0.3 is 0 Å². The van der Waals surface area contributed by atoms with Gasteiger partial charge in [0, 0.05) is 35.2 Å². The van der Waals surface area contributed by atoms with Gasteiger partial charge in [-0.05, 0) is 30.3 Å². The van der Waals surface area contributed by atoms with Crippen LogP contribution in [-0.2, 0) is 9.84 Å². The number of ether oxygens (including phenoxy) is 1. The molecule has 5 rings (SSSR count). The van der Waals surface area contributed by atoms with Gasteiger partial charge in [-0.2, -0.15) is 5.10 Å². The highest BCUT2D eigenvalue weighted by molar-refractivity contribution is 7.91. The van der Waals surface area contributed by atoms with Crippen LogP contribution in [0.3, 0.4) is 0 Å². The Hall–Kier alpha value is -3.97. The Morgan fingerprint density at radius 1 is 0.844 bits per heavy atom. The van der Waals surface area contributed by atoms with Gasteiger partial charge in [-0.25, -0.2) is 17.9 Å². The van der Waals surface area contributed by atoms with Gasteiger partial charge < -0.3 is 4.74 Å². The molecule has 0 radical (unpaired) electrons. The number of hydrogen-bond donors (Lipinski definition) is 0. The van der Waals surface area contributed by atoms with Crippen molar-refractivity contribution >= 4 is 15.4 Å². The van der Waals surface area contributed by atoms with E-state index in [0.717, 1.165) is 27.9 Å². The topological polar surface area (TPSA) is 73.6 Å². The summed E-state index contributed by atoms with van der Waals surface area (Å²) in [5.41, 5.74) is 4.18. The van der Waals surface area contributed by atoms with Crippen molar-refractivity contribution in [2.75, 3.05) is 7.11 Å². The largest absolute Gasteiger partial charge is 0.497 e. The Labute approximate surface area is 185 Å². The summed E-state index contributed by atoms with van der Waals surface area (Å²) in [6, 6.07) is 25.2. The lowest BCUT2D eigenvalue weighted by Crippen LogP contribution is -2.04. The first kappa shape index (κ1) is 20.0. The third-order valence-electron chi connectivity index (χ3n) is 5.24. The van der Waals surface area contributed by atoms with Gasteiger partial charge in [-0.3, -0.25) is 0 Å². The molecule has 0 unspecified atom stereocenters. The van der Waals surface area contributed by atoms with Crippen LogP contribution in [0.4, 0.5) is 0 Å². The lowest BCUT2D eigenvalue weighted by molar-refractivity contribution is 0.414. The van der Waals surface area contributed by atoms with Crippen molar-refractivity contribution in [1.29, 1.82) is 0 Å². The Morgan fingerprint density at radius 3 is 2.22 bits per heavy atom. The van der Waals surface area contributed by atoms with Crippen LogP contribution in [0.5, 0.6) is 5.75 Å². The maximum Gasteiger partial charge on any atom is 0.223 e.